The zero-order chi connectivity index (χ0) is 14.6. The van der Waals surface area contributed by atoms with Gasteiger partial charge in [0.15, 0.2) is 4.75 Å². The van der Waals surface area contributed by atoms with E-state index < -0.39 is 15.9 Å². The third kappa shape index (κ3) is 1.73. The molecule has 1 aliphatic heterocycles. The van der Waals surface area contributed by atoms with Gasteiger partial charge in [-0.1, -0.05) is 30.3 Å². The summed E-state index contributed by atoms with van der Waals surface area (Å²) in [7, 11) is 0. The van der Waals surface area contributed by atoms with Crippen LogP contribution in [0.25, 0.3) is 10.9 Å². The van der Waals surface area contributed by atoms with Gasteiger partial charge in [-0.3, -0.25) is 4.57 Å². The van der Waals surface area contributed by atoms with E-state index in [0.29, 0.717) is 6.54 Å². The van der Waals surface area contributed by atoms with Crippen LogP contribution in [0.4, 0.5) is 0 Å². The quantitative estimate of drug-likeness (QED) is 0.700. The average Bonchev–Trinajstić information content (AvgIpc) is 2.96. The van der Waals surface area contributed by atoms with Crippen LogP contribution in [0.15, 0.2) is 59.6 Å². The summed E-state index contributed by atoms with van der Waals surface area (Å²) in [5.41, 5.74) is 2.03. The molecule has 4 heteroatoms. The number of hydrogen-bond donors (Lipinski definition) is 1. The van der Waals surface area contributed by atoms with Gasteiger partial charge in [0.1, 0.15) is 5.75 Å². The molecule has 0 saturated carbocycles. The molecule has 2 aromatic carbocycles. The molecule has 3 aromatic rings. The summed E-state index contributed by atoms with van der Waals surface area (Å²) < 4.78 is 14.6. The van der Waals surface area contributed by atoms with Crippen LogP contribution in [-0.4, -0.2) is 14.2 Å². The molecule has 3 nitrogen and oxygen atoms in total. The van der Waals surface area contributed by atoms with Crippen molar-refractivity contribution in [1.82, 2.24) is 4.57 Å². The van der Waals surface area contributed by atoms with Crippen molar-refractivity contribution in [1.29, 1.82) is 0 Å². The molecule has 106 valence electrons. The summed E-state index contributed by atoms with van der Waals surface area (Å²) in [6.07, 6.45) is 0. The van der Waals surface area contributed by atoms with Gasteiger partial charge in [0.2, 0.25) is 5.03 Å². The van der Waals surface area contributed by atoms with Gasteiger partial charge in [0, 0.05) is 34.3 Å². The average molecular weight is 297 g/mol. The summed E-state index contributed by atoms with van der Waals surface area (Å²) in [6, 6.07) is 17.2. The predicted molar refractivity (Wildman–Crippen MR) is 83.8 cm³/mol. The summed E-state index contributed by atoms with van der Waals surface area (Å²) in [5.74, 6) is 0.238. The molecule has 1 N–H and O–H groups in total. The number of nitrogens with zero attached hydrogens (tertiary/aromatic N) is 1. The molecule has 0 amide bonds. The Morgan fingerprint density at radius 1 is 1.14 bits per heavy atom. The summed E-state index contributed by atoms with van der Waals surface area (Å²) in [5, 5.41) is 11.6. The van der Waals surface area contributed by atoms with Gasteiger partial charge in [-0.2, -0.15) is 0 Å². The van der Waals surface area contributed by atoms with E-state index >= 15 is 0 Å². The molecule has 0 saturated heterocycles. The number of rotatable bonds is 1. The van der Waals surface area contributed by atoms with E-state index in [2.05, 4.69) is 4.57 Å². The Morgan fingerprint density at radius 2 is 1.90 bits per heavy atom. The lowest BCUT2D eigenvalue weighted by Gasteiger charge is -2.24. The van der Waals surface area contributed by atoms with E-state index in [1.807, 2.05) is 49.4 Å². The number of phenols is 1. The minimum atomic E-state index is -1.11. The first-order valence-corrected chi connectivity index (χ1v) is 8.04. The minimum absolute atomic E-state index is 0.238. The number of hydrogen-bond acceptors (Lipinski definition) is 2. The molecule has 0 fully saturated rings. The van der Waals surface area contributed by atoms with Crippen molar-refractivity contribution in [3.63, 3.8) is 0 Å². The fourth-order valence-electron chi connectivity index (χ4n) is 3.11. The van der Waals surface area contributed by atoms with Crippen molar-refractivity contribution in [3.05, 3.63) is 60.2 Å². The summed E-state index contributed by atoms with van der Waals surface area (Å²) in [6.45, 7) is 2.70. The maximum Gasteiger partial charge on any atom is 0.227 e. The van der Waals surface area contributed by atoms with Gasteiger partial charge in [-0.05, 0) is 19.1 Å². The van der Waals surface area contributed by atoms with Crippen molar-refractivity contribution in [2.75, 3.05) is 0 Å². The molecule has 1 aromatic heterocycles. The zero-order valence-electron chi connectivity index (χ0n) is 11.6. The number of benzene rings is 2. The minimum Gasteiger partial charge on any atom is -0.610 e. The Balaban J connectivity index is 1.89. The van der Waals surface area contributed by atoms with E-state index in [1.54, 1.807) is 12.1 Å². The van der Waals surface area contributed by atoms with E-state index in [4.69, 9.17) is 0 Å². The predicted octanol–water partition coefficient (Wildman–Crippen LogP) is 3.38. The number of aromatic nitrogens is 1. The van der Waals surface area contributed by atoms with Crippen LogP contribution in [0.1, 0.15) is 12.5 Å². The van der Waals surface area contributed by atoms with Gasteiger partial charge in [0.05, 0.1) is 12.1 Å². The first kappa shape index (κ1) is 12.8. The Bertz CT molecular complexity index is 827. The summed E-state index contributed by atoms with van der Waals surface area (Å²) >= 11 is -1.11. The Hall–Kier alpha value is -1.91. The maximum atomic E-state index is 13.0. The second-order valence-corrected chi connectivity index (χ2v) is 7.53. The Labute approximate surface area is 126 Å². The largest absolute Gasteiger partial charge is 0.610 e. The Morgan fingerprint density at radius 3 is 2.67 bits per heavy atom. The number of aromatic hydroxyl groups is 1. The fourth-order valence-corrected chi connectivity index (χ4v) is 4.77. The highest BCUT2D eigenvalue weighted by molar-refractivity contribution is 7.92. The molecule has 0 spiro atoms. The van der Waals surface area contributed by atoms with Crippen LogP contribution in [0.2, 0.25) is 0 Å². The Kier molecular flexibility index (Phi) is 2.62. The molecule has 2 unspecified atom stereocenters. The van der Waals surface area contributed by atoms with Gasteiger partial charge in [0.25, 0.3) is 0 Å². The van der Waals surface area contributed by atoms with Crippen molar-refractivity contribution in [2.45, 2.75) is 23.2 Å². The SMILES string of the molecule is CC1(c2ccccc2)Cn2c(cc3ccc(O)cc32)[S+]1[O-]. The van der Waals surface area contributed by atoms with Crippen LogP contribution >= 0.6 is 0 Å². The second-order valence-electron chi connectivity index (χ2n) is 5.68. The van der Waals surface area contributed by atoms with Gasteiger partial charge in [-0.25, -0.2) is 0 Å². The fraction of sp³-hybridized carbons (Fsp3) is 0.176. The number of phenolic OH excluding ortho intramolecular Hbond substituents is 1. The second kappa shape index (κ2) is 4.29. The van der Waals surface area contributed by atoms with Gasteiger partial charge < -0.3 is 9.66 Å². The molecular weight excluding hydrogens is 282 g/mol. The van der Waals surface area contributed by atoms with Crippen molar-refractivity contribution in [2.24, 2.45) is 0 Å². The van der Waals surface area contributed by atoms with Crippen LogP contribution < -0.4 is 0 Å². The van der Waals surface area contributed by atoms with E-state index in [9.17, 15) is 9.66 Å². The van der Waals surface area contributed by atoms with E-state index in [0.717, 1.165) is 21.5 Å². The summed E-state index contributed by atoms with van der Waals surface area (Å²) in [4.78, 5) is 0. The van der Waals surface area contributed by atoms with Crippen LogP contribution in [0.3, 0.4) is 0 Å². The molecule has 1 aliphatic rings. The normalized spacial score (nSPS) is 24.4. The standard InChI is InChI=1S/C17H15NO2S/c1-17(13-5-3-2-4-6-13)11-18-15-10-14(19)8-7-12(15)9-16(18)21(17)20/h2-10,19H,11H2,1H3. The highest BCUT2D eigenvalue weighted by Gasteiger charge is 2.49. The molecule has 0 radical (unpaired) electrons. The monoisotopic (exact) mass is 297 g/mol. The molecular formula is C17H15NO2S. The lowest BCUT2D eigenvalue weighted by molar-refractivity contribution is 0.475. The van der Waals surface area contributed by atoms with E-state index in [1.165, 1.54) is 0 Å². The smallest absolute Gasteiger partial charge is 0.227 e. The van der Waals surface area contributed by atoms with Crippen molar-refractivity contribution < 1.29 is 9.66 Å². The topological polar surface area (TPSA) is 48.2 Å². The third-order valence-corrected chi connectivity index (χ3v) is 6.19. The lowest BCUT2D eigenvalue weighted by atomic mass is 10.0. The highest BCUT2D eigenvalue weighted by atomic mass is 32.2. The van der Waals surface area contributed by atoms with Crippen molar-refractivity contribution >= 4 is 22.1 Å². The highest BCUT2D eigenvalue weighted by Crippen LogP contribution is 2.45. The molecule has 0 aliphatic carbocycles. The first-order valence-electron chi connectivity index (χ1n) is 6.89. The van der Waals surface area contributed by atoms with Crippen LogP contribution in [-0.2, 0) is 22.5 Å². The maximum absolute atomic E-state index is 13.0. The van der Waals surface area contributed by atoms with Crippen molar-refractivity contribution in [3.8, 4) is 5.75 Å². The molecule has 4 rings (SSSR count). The zero-order valence-corrected chi connectivity index (χ0v) is 12.4. The molecule has 21 heavy (non-hydrogen) atoms. The van der Waals surface area contributed by atoms with Crippen LogP contribution in [0, 0.1) is 0 Å². The van der Waals surface area contributed by atoms with Gasteiger partial charge >= 0.3 is 0 Å². The first-order chi connectivity index (χ1) is 10.1. The molecule has 2 atom stereocenters. The van der Waals surface area contributed by atoms with Gasteiger partial charge in [-0.15, -0.1) is 0 Å². The third-order valence-electron chi connectivity index (χ3n) is 4.29. The number of fused-ring (bicyclic) bond motifs is 3. The lowest BCUT2D eigenvalue weighted by Crippen LogP contribution is -2.30. The molecule has 0 bridgehead atoms. The van der Waals surface area contributed by atoms with Crippen LogP contribution in [0.5, 0.6) is 5.75 Å². The molecule has 2 heterocycles. The van der Waals surface area contributed by atoms with E-state index in [-0.39, 0.29) is 5.75 Å².